The Labute approximate surface area is 198 Å². The summed E-state index contributed by atoms with van der Waals surface area (Å²) < 4.78 is 12.9. The van der Waals surface area contributed by atoms with Gasteiger partial charge in [-0.2, -0.15) is 0 Å². The molecule has 0 N–H and O–H groups in total. The van der Waals surface area contributed by atoms with Crippen LogP contribution in [0.1, 0.15) is 21.1 Å². The van der Waals surface area contributed by atoms with Crippen LogP contribution in [0.2, 0.25) is 0 Å². The molecule has 0 aliphatic heterocycles. The Hall–Kier alpha value is -3.53. The first-order chi connectivity index (χ1) is 16.2. The van der Waals surface area contributed by atoms with Crippen molar-refractivity contribution in [1.82, 2.24) is 9.97 Å². The maximum atomic E-state index is 13.0. The molecule has 0 amide bonds. The van der Waals surface area contributed by atoms with Gasteiger partial charge in [-0.1, -0.05) is 24.3 Å². The van der Waals surface area contributed by atoms with E-state index in [2.05, 4.69) is 9.97 Å². The number of fused-ring (bicyclic) bond motifs is 2. The summed E-state index contributed by atoms with van der Waals surface area (Å²) >= 11 is 3.46. The molecule has 0 saturated carbocycles. The zero-order valence-corrected chi connectivity index (χ0v) is 19.1. The van der Waals surface area contributed by atoms with Gasteiger partial charge in [0.25, 0.3) is 10.2 Å². The molecule has 0 aliphatic rings. The Bertz CT molecular complexity index is 1470. The van der Waals surface area contributed by atoms with E-state index in [0.717, 1.165) is 20.4 Å². The van der Waals surface area contributed by atoms with Crippen molar-refractivity contribution in [3.63, 3.8) is 0 Å². The standard InChI is InChI=1S/C24H12N2O4S3/c27-23(19-13(9-11-29-19)21-25-15-5-1-3-7-17(15)31-21)33-24(28)20-14(10-12-30-20)22-26-16-6-2-4-8-18(16)32-22/h1-12H. The summed E-state index contributed by atoms with van der Waals surface area (Å²) in [4.78, 5) is 35.1. The molecule has 0 aliphatic carbocycles. The molecule has 0 bridgehead atoms. The highest BCUT2D eigenvalue weighted by Gasteiger charge is 2.27. The van der Waals surface area contributed by atoms with Gasteiger partial charge >= 0.3 is 0 Å². The lowest BCUT2D eigenvalue weighted by atomic mass is 10.2. The number of para-hydroxylation sites is 2. The lowest BCUT2D eigenvalue weighted by Crippen LogP contribution is -2.01. The van der Waals surface area contributed by atoms with Gasteiger partial charge in [0.05, 0.1) is 44.1 Å². The average Bonchev–Trinajstić information content (AvgIpc) is 3.62. The Balaban J connectivity index is 1.28. The van der Waals surface area contributed by atoms with Crippen molar-refractivity contribution >= 4 is 65.1 Å². The Morgan fingerprint density at radius 2 is 1.12 bits per heavy atom. The van der Waals surface area contributed by atoms with E-state index in [9.17, 15) is 9.59 Å². The molecule has 0 unspecified atom stereocenters. The number of thiazole rings is 2. The van der Waals surface area contributed by atoms with E-state index >= 15 is 0 Å². The van der Waals surface area contributed by atoms with Gasteiger partial charge in [-0.3, -0.25) is 9.59 Å². The zero-order chi connectivity index (χ0) is 22.4. The van der Waals surface area contributed by atoms with Crippen LogP contribution < -0.4 is 0 Å². The van der Waals surface area contributed by atoms with E-state index in [1.54, 1.807) is 12.1 Å². The number of furan rings is 2. The van der Waals surface area contributed by atoms with Gasteiger partial charge in [0.2, 0.25) is 0 Å². The molecule has 160 valence electrons. The molecule has 6 aromatic rings. The van der Waals surface area contributed by atoms with Gasteiger partial charge in [-0.05, 0) is 36.4 Å². The SMILES string of the molecule is O=C(SC(=O)c1occc1-c1nc2ccccc2s1)c1occc1-c1nc2ccccc2s1. The van der Waals surface area contributed by atoms with E-state index < -0.39 is 10.2 Å². The summed E-state index contributed by atoms with van der Waals surface area (Å²) in [5, 5.41) is 0.306. The van der Waals surface area contributed by atoms with E-state index in [0.29, 0.717) is 32.9 Å². The molecule has 6 nitrogen and oxygen atoms in total. The molecule has 4 aromatic heterocycles. The second kappa shape index (κ2) is 8.11. The van der Waals surface area contributed by atoms with Crippen LogP contribution in [0.15, 0.2) is 82.0 Å². The first kappa shape index (κ1) is 20.1. The van der Waals surface area contributed by atoms with Crippen molar-refractivity contribution in [2.45, 2.75) is 0 Å². The highest BCUT2D eigenvalue weighted by atomic mass is 32.2. The van der Waals surface area contributed by atoms with Gasteiger partial charge in [0.15, 0.2) is 11.5 Å². The van der Waals surface area contributed by atoms with Crippen LogP contribution in [-0.2, 0) is 0 Å². The van der Waals surface area contributed by atoms with Gasteiger partial charge in [-0.15, -0.1) is 22.7 Å². The lowest BCUT2D eigenvalue weighted by molar-refractivity contribution is 0.104. The zero-order valence-electron chi connectivity index (χ0n) is 16.7. The van der Waals surface area contributed by atoms with Gasteiger partial charge < -0.3 is 8.83 Å². The summed E-state index contributed by atoms with van der Waals surface area (Å²) in [6.45, 7) is 0. The van der Waals surface area contributed by atoms with Gasteiger partial charge in [0, 0.05) is 11.8 Å². The molecule has 9 heteroatoms. The monoisotopic (exact) mass is 488 g/mol. The molecular formula is C24H12N2O4S3. The van der Waals surface area contributed by atoms with Crippen LogP contribution in [0.5, 0.6) is 0 Å². The normalized spacial score (nSPS) is 11.4. The summed E-state index contributed by atoms with van der Waals surface area (Å²) in [5.74, 6) is 0.168. The number of benzene rings is 2. The largest absolute Gasteiger partial charge is 0.459 e. The minimum Gasteiger partial charge on any atom is -0.459 e. The molecule has 4 heterocycles. The topological polar surface area (TPSA) is 86.2 Å². The summed E-state index contributed by atoms with van der Waals surface area (Å²) in [6.07, 6.45) is 2.86. The Kier molecular flexibility index (Phi) is 4.94. The van der Waals surface area contributed by atoms with E-state index in [-0.39, 0.29) is 11.5 Å². The third-order valence-corrected chi connectivity index (χ3v) is 7.82. The number of hydrogen-bond acceptors (Lipinski definition) is 9. The van der Waals surface area contributed by atoms with Crippen molar-refractivity contribution in [3.8, 4) is 21.1 Å². The van der Waals surface area contributed by atoms with E-state index in [1.165, 1.54) is 35.2 Å². The van der Waals surface area contributed by atoms with Crippen LogP contribution in [-0.4, -0.2) is 20.2 Å². The van der Waals surface area contributed by atoms with Crippen LogP contribution in [0, 0.1) is 0 Å². The predicted octanol–water partition coefficient (Wildman–Crippen LogP) is 7.14. The number of hydrogen-bond donors (Lipinski definition) is 0. The maximum absolute atomic E-state index is 13.0. The summed E-state index contributed by atoms with van der Waals surface area (Å²) in [6, 6.07) is 18.8. The number of rotatable bonds is 4. The average molecular weight is 489 g/mol. The number of carbonyl (C=O) groups excluding carboxylic acids is 2. The third kappa shape index (κ3) is 3.60. The van der Waals surface area contributed by atoms with Crippen molar-refractivity contribution in [2.24, 2.45) is 0 Å². The number of carbonyl (C=O) groups is 2. The minimum absolute atomic E-state index is 0.0838. The van der Waals surface area contributed by atoms with Crippen LogP contribution in [0.25, 0.3) is 41.6 Å². The van der Waals surface area contributed by atoms with Gasteiger partial charge in [-0.25, -0.2) is 9.97 Å². The third-order valence-electron chi connectivity index (χ3n) is 4.94. The molecule has 0 saturated heterocycles. The number of thioether (sulfide) groups is 1. The van der Waals surface area contributed by atoms with Crippen molar-refractivity contribution in [2.75, 3.05) is 0 Å². The second-order valence-electron chi connectivity index (χ2n) is 6.98. The fourth-order valence-electron chi connectivity index (χ4n) is 3.42. The number of aromatic nitrogens is 2. The van der Waals surface area contributed by atoms with Gasteiger partial charge in [0.1, 0.15) is 10.0 Å². The van der Waals surface area contributed by atoms with Crippen molar-refractivity contribution < 1.29 is 18.4 Å². The molecule has 0 spiro atoms. The smallest absolute Gasteiger partial charge is 0.263 e. The van der Waals surface area contributed by atoms with E-state index in [4.69, 9.17) is 8.83 Å². The quantitative estimate of drug-likeness (QED) is 0.261. The highest BCUT2D eigenvalue weighted by molar-refractivity contribution is 8.26. The van der Waals surface area contributed by atoms with Crippen LogP contribution >= 0.6 is 34.4 Å². The molecule has 6 rings (SSSR count). The fourth-order valence-corrected chi connectivity index (χ4v) is 6.07. The highest BCUT2D eigenvalue weighted by Crippen LogP contribution is 2.37. The molecular weight excluding hydrogens is 476 g/mol. The minimum atomic E-state index is -0.508. The first-order valence-electron chi connectivity index (χ1n) is 9.81. The predicted molar refractivity (Wildman–Crippen MR) is 131 cm³/mol. The molecule has 33 heavy (non-hydrogen) atoms. The molecule has 0 atom stereocenters. The second-order valence-corrected chi connectivity index (χ2v) is 9.98. The van der Waals surface area contributed by atoms with Crippen molar-refractivity contribution in [1.29, 1.82) is 0 Å². The molecule has 0 fully saturated rings. The maximum Gasteiger partial charge on any atom is 0.263 e. The summed E-state index contributed by atoms with van der Waals surface area (Å²) in [7, 11) is 0. The lowest BCUT2D eigenvalue weighted by Gasteiger charge is -2.00. The number of nitrogens with zero attached hydrogens (tertiary/aromatic N) is 2. The molecule has 0 radical (unpaired) electrons. The first-order valence-corrected chi connectivity index (χ1v) is 12.3. The Morgan fingerprint density at radius 3 is 1.58 bits per heavy atom. The fraction of sp³-hybridized carbons (Fsp3) is 0. The Morgan fingerprint density at radius 1 is 0.667 bits per heavy atom. The van der Waals surface area contributed by atoms with Crippen LogP contribution in [0.4, 0.5) is 0 Å². The molecule has 2 aromatic carbocycles. The van der Waals surface area contributed by atoms with E-state index in [1.807, 2.05) is 48.5 Å². The van der Waals surface area contributed by atoms with Crippen LogP contribution in [0.3, 0.4) is 0 Å². The summed E-state index contributed by atoms with van der Waals surface area (Å²) in [5.41, 5.74) is 2.81. The van der Waals surface area contributed by atoms with Crippen molar-refractivity contribution in [3.05, 3.63) is 84.7 Å².